The van der Waals surface area contributed by atoms with Crippen LogP contribution in [-0.4, -0.2) is 18.3 Å². The van der Waals surface area contributed by atoms with Gasteiger partial charge in [0.15, 0.2) is 0 Å². The van der Waals surface area contributed by atoms with E-state index in [1.165, 1.54) is 0 Å². The van der Waals surface area contributed by atoms with Crippen LogP contribution in [0, 0.1) is 5.92 Å². The summed E-state index contributed by atoms with van der Waals surface area (Å²) < 4.78 is 0.995. The van der Waals surface area contributed by atoms with E-state index in [0.29, 0.717) is 5.92 Å². The molecule has 0 radical (unpaired) electrons. The number of aliphatic hydroxyl groups excluding tert-OH is 1. The first kappa shape index (κ1) is 14.0. The van der Waals surface area contributed by atoms with Gasteiger partial charge in [-0.25, -0.2) is 0 Å². The van der Waals surface area contributed by atoms with Crippen molar-refractivity contribution in [2.45, 2.75) is 19.9 Å². The second kappa shape index (κ2) is 7.28. The maximum atomic E-state index is 8.77. The summed E-state index contributed by atoms with van der Waals surface area (Å²) in [5, 5.41) is 12.9. The third kappa shape index (κ3) is 4.83. The van der Waals surface area contributed by atoms with E-state index >= 15 is 0 Å². The number of aliphatic hydroxyl groups is 1. The Morgan fingerprint density at radius 2 is 2.25 bits per heavy atom. The lowest BCUT2D eigenvalue weighted by atomic mass is 10.1. The Kier molecular flexibility index (Phi) is 6.36. The average Bonchev–Trinajstić information content (AvgIpc) is 2.22. The molecule has 0 aliphatic heterocycles. The molecular weight excluding hydrogens is 289 g/mol. The highest BCUT2D eigenvalue weighted by molar-refractivity contribution is 9.10. The van der Waals surface area contributed by atoms with Gasteiger partial charge in [-0.1, -0.05) is 40.5 Å². The molecule has 0 saturated heterocycles. The van der Waals surface area contributed by atoms with Crippen molar-refractivity contribution in [2.75, 3.05) is 13.2 Å². The Labute approximate surface area is 110 Å². The monoisotopic (exact) mass is 305 g/mol. The first-order chi connectivity index (χ1) is 7.63. The van der Waals surface area contributed by atoms with Crippen LogP contribution in [0.5, 0.6) is 0 Å². The predicted molar refractivity (Wildman–Crippen MR) is 71.7 cm³/mol. The molecule has 1 unspecified atom stereocenters. The van der Waals surface area contributed by atoms with Crippen molar-refractivity contribution in [3.63, 3.8) is 0 Å². The fraction of sp³-hybridized carbons (Fsp3) is 0.500. The molecule has 4 heteroatoms. The first-order valence-corrected chi connectivity index (χ1v) is 6.56. The molecule has 2 nitrogen and oxygen atoms in total. The highest BCUT2D eigenvalue weighted by atomic mass is 79.9. The van der Waals surface area contributed by atoms with Crippen LogP contribution in [0.2, 0.25) is 5.02 Å². The Balaban J connectivity index is 2.37. The summed E-state index contributed by atoms with van der Waals surface area (Å²) in [5.74, 6) is 0.485. The van der Waals surface area contributed by atoms with Gasteiger partial charge in [0, 0.05) is 22.6 Å². The standard InChI is InChI=1S/C12H17BrClNO/c1-9(4-5-16)7-15-8-10-2-3-11(13)6-12(10)14/h2-3,6,9,15-16H,4-5,7-8H2,1H3. The molecule has 90 valence electrons. The largest absolute Gasteiger partial charge is 0.396 e. The number of rotatable bonds is 6. The van der Waals surface area contributed by atoms with Gasteiger partial charge >= 0.3 is 0 Å². The minimum atomic E-state index is 0.252. The third-order valence-corrected chi connectivity index (χ3v) is 3.29. The summed E-state index contributed by atoms with van der Waals surface area (Å²) in [5.41, 5.74) is 1.10. The van der Waals surface area contributed by atoms with Gasteiger partial charge in [0.1, 0.15) is 0 Å². The fourth-order valence-electron chi connectivity index (χ4n) is 1.44. The van der Waals surface area contributed by atoms with Crippen LogP contribution >= 0.6 is 27.5 Å². The highest BCUT2D eigenvalue weighted by Crippen LogP contribution is 2.21. The second-order valence-electron chi connectivity index (χ2n) is 3.98. The number of hydrogen-bond donors (Lipinski definition) is 2. The van der Waals surface area contributed by atoms with Crippen LogP contribution in [0.15, 0.2) is 22.7 Å². The zero-order valence-corrected chi connectivity index (χ0v) is 11.7. The van der Waals surface area contributed by atoms with Gasteiger partial charge in [-0.15, -0.1) is 0 Å². The molecule has 1 atom stereocenters. The number of hydrogen-bond acceptors (Lipinski definition) is 2. The molecule has 0 fully saturated rings. The van der Waals surface area contributed by atoms with Crippen molar-refractivity contribution in [3.05, 3.63) is 33.3 Å². The molecule has 1 rings (SSSR count). The lowest BCUT2D eigenvalue weighted by molar-refractivity contribution is 0.260. The summed E-state index contributed by atoms with van der Waals surface area (Å²) in [4.78, 5) is 0. The molecule has 1 aromatic carbocycles. The topological polar surface area (TPSA) is 32.3 Å². The average molecular weight is 307 g/mol. The number of benzene rings is 1. The fourth-order valence-corrected chi connectivity index (χ4v) is 2.18. The molecule has 1 aromatic rings. The Morgan fingerprint density at radius 1 is 1.50 bits per heavy atom. The third-order valence-electron chi connectivity index (χ3n) is 2.45. The van der Waals surface area contributed by atoms with Gasteiger partial charge in [0.25, 0.3) is 0 Å². The number of halogens is 2. The van der Waals surface area contributed by atoms with E-state index in [0.717, 1.165) is 34.6 Å². The highest BCUT2D eigenvalue weighted by Gasteiger charge is 2.03. The predicted octanol–water partition coefficient (Wildman–Crippen LogP) is 3.21. The van der Waals surface area contributed by atoms with Crippen molar-refractivity contribution in [1.82, 2.24) is 5.32 Å². The summed E-state index contributed by atoms with van der Waals surface area (Å²) >= 11 is 9.47. The van der Waals surface area contributed by atoms with Crippen LogP contribution in [0.4, 0.5) is 0 Å². The number of nitrogens with one attached hydrogen (secondary N) is 1. The summed E-state index contributed by atoms with van der Waals surface area (Å²) in [7, 11) is 0. The molecule has 0 aromatic heterocycles. The molecule has 2 N–H and O–H groups in total. The van der Waals surface area contributed by atoms with E-state index < -0.39 is 0 Å². The van der Waals surface area contributed by atoms with Gasteiger partial charge in [-0.3, -0.25) is 0 Å². The zero-order chi connectivity index (χ0) is 12.0. The van der Waals surface area contributed by atoms with Crippen LogP contribution in [0.1, 0.15) is 18.9 Å². The van der Waals surface area contributed by atoms with Crippen LogP contribution < -0.4 is 5.32 Å². The van der Waals surface area contributed by atoms with E-state index in [2.05, 4.69) is 28.2 Å². The Morgan fingerprint density at radius 3 is 2.88 bits per heavy atom. The second-order valence-corrected chi connectivity index (χ2v) is 5.31. The first-order valence-electron chi connectivity index (χ1n) is 5.39. The van der Waals surface area contributed by atoms with Crippen molar-refractivity contribution in [2.24, 2.45) is 5.92 Å². The molecule has 0 heterocycles. The smallest absolute Gasteiger partial charge is 0.0462 e. The van der Waals surface area contributed by atoms with E-state index in [-0.39, 0.29) is 6.61 Å². The molecule has 0 aliphatic carbocycles. The molecular formula is C12H17BrClNO. The normalized spacial score (nSPS) is 12.8. The van der Waals surface area contributed by atoms with Crippen molar-refractivity contribution in [3.8, 4) is 0 Å². The molecule has 0 bridgehead atoms. The van der Waals surface area contributed by atoms with Crippen molar-refractivity contribution >= 4 is 27.5 Å². The molecule has 0 spiro atoms. The van der Waals surface area contributed by atoms with Gasteiger partial charge in [0.05, 0.1) is 0 Å². The lowest BCUT2D eigenvalue weighted by Crippen LogP contribution is -2.21. The van der Waals surface area contributed by atoms with Crippen LogP contribution in [0.25, 0.3) is 0 Å². The minimum Gasteiger partial charge on any atom is -0.396 e. The van der Waals surface area contributed by atoms with E-state index in [1.54, 1.807) is 0 Å². The van der Waals surface area contributed by atoms with Gasteiger partial charge in [0.2, 0.25) is 0 Å². The Bertz CT molecular complexity index is 333. The van der Waals surface area contributed by atoms with Gasteiger partial charge in [-0.05, 0) is 36.6 Å². The maximum absolute atomic E-state index is 8.77. The van der Waals surface area contributed by atoms with Crippen molar-refractivity contribution in [1.29, 1.82) is 0 Å². The zero-order valence-electron chi connectivity index (χ0n) is 9.34. The SMILES string of the molecule is CC(CCO)CNCc1ccc(Br)cc1Cl. The minimum absolute atomic E-state index is 0.252. The summed E-state index contributed by atoms with van der Waals surface area (Å²) in [6.07, 6.45) is 0.834. The van der Waals surface area contributed by atoms with Crippen molar-refractivity contribution < 1.29 is 5.11 Å². The Hall–Kier alpha value is -0.0900. The lowest BCUT2D eigenvalue weighted by Gasteiger charge is -2.11. The van der Waals surface area contributed by atoms with Gasteiger partial charge in [-0.2, -0.15) is 0 Å². The maximum Gasteiger partial charge on any atom is 0.0462 e. The van der Waals surface area contributed by atoms with E-state index in [9.17, 15) is 0 Å². The molecule has 16 heavy (non-hydrogen) atoms. The molecule has 0 aliphatic rings. The quantitative estimate of drug-likeness (QED) is 0.846. The van der Waals surface area contributed by atoms with Gasteiger partial charge < -0.3 is 10.4 Å². The molecule has 0 amide bonds. The molecule has 0 saturated carbocycles. The van der Waals surface area contributed by atoms with E-state index in [4.69, 9.17) is 16.7 Å². The summed E-state index contributed by atoms with van der Waals surface area (Å²) in [6.45, 7) is 4.03. The van der Waals surface area contributed by atoms with E-state index in [1.807, 2.05) is 18.2 Å². The van der Waals surface area contributed by atoms with Crippen LogP contribution in [-0.2, 0) is 6.54 Å². The van der Waals surface area contributed by atoms with Crippen LogP contribution in [0.3, 0.4) is 0 Å². The summed E-state index contributed by atoms with van der Waals surface area (Å²) in [6, 6.07) is 5.89.